The van der Waals surface area contributed by atoms with Crippen LogP contribution >= 0.6 is 12.2 Å². The van der Waals surface area contributed by atoms with Gasteiger partial charge in [0.05, 0.1) is 23.9 Å². The molecule has 148 valence electrons. The smallest absolute Gasteiger partial charge is 0.170 e. The van der Waals surface area contributed by atoms with Crippen LogP contribution in [0.15, 0.2) is 30.5 Å². The first-order valence-corrected chi connectivity index (χ1v) is 10.8. The highest BCUT2D eigenvalue weighted by molar-refractivity contribution is 7.80. The molecule has 3 aliphatic rings. The molecule has 0 amide bonds. The van der Waals surface area contributed by atoms with E-state index in [2.05, 4.69) is 51.8 Å². The van der Waals surface area contributed by atoms with Gasteiger partial charge in [0.2, 0.25) is 0 Å². The number of rotatable bonds is 5. The Balaban J connectivity index is 1.55. The number of nitrogens with one attached hydrogen (secondary N) is 1. The van der Waals surface area contributed by atoms with Crippen LogP contribution in [-0.2, 0) is 4.74 Å². The number of hydrogen-bond acceptors (Lipinski definition) is 3. The number of thiocarbonyl (C=S) groups is 1. The fourth-order valence-corrected chi connectivity index (χ4v) is 5.26. The van der Waals surface area contributed by atoms with Gasteiger partial charge in [0.1, 0.15) is 0 Å². The van der Waals surface area contributed by atoms with Gasteiger partial charge in [-0.2, -0.15) is 0 Å². The first-order valence-electron chi connectivity index (χ1n) is 10.4. The molecule has 0 spiro atoms. The Kier molecular flexibility index (Phi) is 4.63. The van der Waals surface area contributed by atoms with E-state index in [1.54, 1.807) is 0 Å². The van der Waals surface area contributed by atoms with E-state index in [1.807, 2.05) is 12.3 Å². The van der Waals surface area contributed by atoms with Crippen molar-refractivity contribution in [3.8, 4) is 0 Å². The van der Waals surface area contributed by atoms with E-state index in [4.69, 9.17) is 17.0 Å². The average Bonchev–Trinajstić information content (AvgIpc) is 3.16. The first kappa shape index (κ1) is 18.1. The summed E-state index contributed by atoms with van der Waals surface area (Å²) in [4.78, 5) is 7.01. The largest absolute Gasteiger partial charge is 0.376 e. The number of aromatic nitrogens is 2. The van der Waals surface area contributed by atoms with Crippen LogP contribution in [0.3, 0.4) is 0 Å². The summed E-state index contributed by atoms with van der Waals surface area (Å²) in [6.45, 7) is 6.20. The summed E-state index contributed by atoms with van der Waals surface area (Å²) in [6.07, 6.45) is 6.97. The van der Waals surface area contributed by atoms with Gasteiger partial charge in [-0.25, -0.2) is 0 Å². The molecule has 2 aromatic heterocycles. The van der Waals surface area contributed by atoms with Gasteiger partial charge in [0, 0.05) is 36.8 Å². The van der Waals surface area contributed by atoms with Gasteiger partial charge in [-0.3, -0.25) is 4.98 Å². The quantitative estimate of drug-likeness (QED) is 0.774. The minimum Gasteiger partial charge on any atom is -0.376 e. The summed E-state index contributed by atoms with van der Waals surface area (Å²) in [5.74, 6) is 0. The van der Waals surface area contributed by atoms with E-state index in [0.717, 1.165) is 36.8 Å². The zero-order valence-corrected chi connectivity index (χ0v) is 17.4. The Bertz CT molecular complexity index is 870. The van der Waals surface area contributed by atoms with Gasteiger partial charge in [-0.1, -0.05) is 6.07 Å². The van der Waals surface area contributed by atoms with Crippen molar-refractivity contribution in [1.82, 2.24) is 19.8 Å². The third kappa shape index (κ3) is 3.12. The molecule has 2 aliphatic heterocycles. The Morgan fingerprint density at radius 3 is 2.79 bits per heavy atom. The van der Waals surface area contributed by atoms with Crippen molar-refractivity contribution in [2.24, 2.45) is 0 Å². The molecule has 28 heavy (non-hydrogen) atoms. The highest BCUT2D eigenvalue weighted by Crippen LogP contribution is 2.44. The fraction of sp³-hybridized carbons (Fsp3) is 0.545. The van der Waals surface area contributed by atoms with Gasteiger partial charge >= 0.3 is 0 Å². The molecule has 2 saturated heterocycles. The SMILES string of the molecule is Cc1cc([C@@H]2[C@H](c3ccccn3)NC(=S)N2C[C@@H]2CCCO2)c(C)n1C1CC1. The monoisotopic (exact) mass is 396 g/mol. The summed E-state index contributed by atoms with van der Waals surface area (Å²) >= 11 is 5.80. The standard InChI is InChI=1S/C22H28N4OS/c1-14-12-18(15(2)26(14)16-8-9-16)21-20(19-7-3-4-10-23-19)24-22(28)25(21)13-17-6-5-11-27-17/h3-4,7,10,12,16-17,20-21H,5-6,8-9,11,13H2,1-2H3,(H,24,28)/t17-,20-,21+/m0/s1. The number of pyridine rings is 1. The molecular formula is C22H28N4OS. The molecule has 4 heterocycles. The van der Waals surface area contributed by atoms with E-state index >= 15 is 0 Å². The van der Waals surface area contributed by atoms with Crippen LogP contribution in [-0.4, -0.2) is 38.8 Å². The minimum atomic E-state index is 0.0586. The lowest BCUT2D eigenvalue weighted by molar-refractivity contribution is 0.0841. The molecular weight excluding hydrogens is 368 g/mol. The van der Waals surface area contributed by atoms with Crippen LogP contribution < -0.4 is 5.32 Å². The Morgan fingerprint density at radius 2 is 2.11 bits per heavy atom. The summed E-state index contributed by atoms with van der Waals surface area (Å²) < 4.78 is 8.47. The maximum absolute atomic E-state index is 5.95. The van der Waals surface area contributed by atoms with E-state index in [-0.39, 0.29) is 18.2 Å². The molecule has 0 radical (unpaired) electrons. The first-order chi connectivity index (χ1) is 13.6. The molecule has 0 unspecified atom stereocenters. The Labute approximate surface area is 172 Å². The topological polar surface area (TPSA) is 42.3 Å². The maximum Gasteiger partial charge on any atom is 0.170 e. The molecule has 5 rings (SSSR count). The molecule has 1 saturated carbocycles. The Hall–Kier alpha value is -1.92. The highest BCUT2D eigenvalue weighted by atomic mass is 32.1. The molecule has 1 aliphatic carbocycles. The number of ether oxygens (including phenoxy) is 1. The number of aryl methyl sites for hydroxylation is 1. The number of nitrogens with zero attached hydrogens (tertiary/aromatic N) is 3. The maximum atomic E-state index is 5.95. The van der Waals surface area contributed by atoms with Crippen molar-refractivity contribution < 1.29 is 4.74 Å². The lowest BCUT2D eigenvalue weighted by Crippen LogP contribution is -2.36. The highest BCUT2D eigenvalue weighted by Gasteiger charge is 2.43. The molecule has 0 bridgehead atoms. The molecule has 2 aromatic rings. The van der Waals surface area contributed by atoms with E-state index in [0.29, 0.717) is 6.04 Å². The van der Waals surface area contributed by atoms with Crippen molar-refractivity contribution in [3.63, 3.8) is 0 Å². The molecule has 5 nitrogen and oxygen atoms in total. The zero-order valence-electron chi connectivity index (χ0n) is 16.6. The predicted octanol–water partition coefficient (Wildman–Crippen LogP) is 3.99. The summed E-state index contributed by atoms with van der Waals surface area (Å²) in [5.41, 5.74) is 5.13. The van der Waals surface area contributed by atoms with Gasteiger partial charge < -0.3 is 19.5 Å². The van der Waals surface area contributed by atoms with Gasteiger partial charge in [0.25, 0.3) is 0 Å². The molecule has 6 heteroatoms. The van der Waals surface area contributed by atoms with Crippen LogP contribution in [0.25, 0.3) is 0 Å². The third-order valence-electron chi connectivity index (χ3n) is 6.38. The van der Waals surface area contributed by atoms with E-state index < -0.39 is 0 Å². The average molecular weight is 397 g/mol. The van der Waals surface area contributed by atoms with Gasteiger partial charge in [-0.05, 0) is 75.5 Å². The van der Waals surface area contributed by atoms with Crippen LogP contribution in [0.1, 0.15) is 66.5 Å². The second-order valence-electron chi connectivity index (χ2n) is 8.34. The lowest BCUT2D eigenvalue weighted by Gasteiger charge is -2.30. The van der Waals surface area contributed by atoms with Gasteiger partial charge in [0.15, 0.2) is 5.11 Å². The molecule has 1 N–H and O–H groups in total. The zero-order chi connectivity index (χ0) is 19.3. The van der Waals surface area contributed by atoms with Crippen molar-refractivity contribution in [2.45, 2.75) is 63.8 Å². The fourth-order valence-electron chi connectivity index (χ4n) is 4.95. The van der Waals surface area contributed by atoms with Crippen LogP contribution in [0.5, 0.6) is 0 Å². The third-order valence-corrected chi connectivity index (χ3v) is 6.73. The van der Waals surface area contributed by atoms with Gasteiger partial charge in [-0.15, -0.1) is 0 Å². The van der Waals surface area contributed by atoms with E-state index in [1.165, 1.54) is 29.8 Å². The minimum absolute atomic E-state index is 0.0586. The van der Waals surface area contributed by atoms with Crippen LogP contribution in [0.2, 0.25) is 0 Å². The van der Waals surface area contributed by atoms with Crippen LogP contribution in [0, 0.1) is 13.8 Å². The van der Waals surface area contributed by atoms with Crippen molar-refractivity contribution in [3.05, 3.63) is 53.1 Å². The summed E-state index contributed by atoms with van der Waals surface area (Å²) in [6, 6.07) is 9.37. The predicted molar refractivity (Wildman–Crippen MR) is 113 cm³/mol. The van der Waals surface area contributed by atoms with Crippen molar-refractivity contribution in [2.75, 3.05) is 13.2 Å². The molecule has 0 aromatic carbocycles. The van der Waals surface area contributed by atoms with Crippen molar-refractivity contribution >= 4 is 17.3 Å². The summed E-state index contributed by atoms with van der Waals surface area (Å²) in [7, 11) is 0. The number of hydrogen-bond donors (Lipinski definition) is 1. The van der Waals surface area contributed by atoms with Crippen LogP contribution in [0.4, 0.5) is 0 Å². The second-order valence-corrected chi connectivity index (χ2v) is 8.73. The Morgan fingerprint density at radius 1 is 1.25 bits per heavy atom. The lowest BCUT2D eigenvalue weighted by atomic mass is 9.96. The second kappa shape index (κ2) is 7.16. The molecule has 3 fully saturated rings. The summed E-state index contributed by atoms with van der Waals surface area (Å²) in [5, 5.41) is 4.39. The van der Waals surface area contributed by atoms with Crippen molar-refractivity contribution in [1.29, 1.82) is 0 Å². The molecule has 3 atom stereocenters. The normalized spacial score (nSPS) is 27.4. The van der Waals surface area contributed by atoms with E-state index in [9.17, 15) is 0 Å².